The summed E-state index contributed by atoms with van der Waals surface area (Å²) in [6.45, 7) is 8.68. The number of para-hydroxylation sites is 1. The number of rotatable bonds is 3. The number of benzene rings is 1. The molecule has 0 atom stereocenters. The Morgan fingerprint density at radius 2 is 1.82 bits per heavy atom. The van der Waals surface area contributed by atoms with Crippen molar-refractivity contribution >= 4 is 22.7 Å². The van der Waals surface area contributed by atoms with Crippen LogP contribution in [0.4, 0.5) is 0 Å². The van der Waals surface area contributed by atoms with Crippen LogP contribution in [0.25, 0.3) is 11.0 Å². The van der Waals surface area contributed by atoms with Crippen molar-refractivity contribution in [2.75, 3.05) is 13.1 Å². The van der Waals surface area contributed by atoms with E-state index in [0.717, 1.165) is 41.0 Å². The molecule has 4 rings (SSSR count). The fraction of sp³-hybridized carbons (Fsp3) is 0.409. The summed E-state index contributed by atoms with van der Waals surface area (Å²) in [5.74, 6) is 1.32. The number of amides is 1. The molecule has 0 saturated carbocycles. The van der Waals surface area contributed by atoms with Gasteiger partial charge in [0.1, 0.15) is 5.82 Å². The first kappa shape index (κ1) is 18.5. The van der Waals surface area contributed by atoms with Gasteiger partial charge in [0.05, 0.1) is 22.3 Å². The van der Waals surface area contributed by atoms with Crippen LogP contribution in [0.1, 0.15) is 69.2 Å². The van der Waals surface area contributed by atoms with Crippen molar-refractivity contribution in [3.8, 4) is 0 Å². The smallest absolute Gasteiger partial charge is 0.255 e. The van der Waals surface area contributed by atoms with E-state index in [1.807, 2.05) is 24.8 Å². The molecule has 28 heavy (non-hydrogen) atoms. The number of Topliss-reactive ketones (excluding diaryl/α,β-unsaturated/α-hetero) is 1. The number of aromatic nitrogens is 3. The molecular formula is C22H26N4O2. The number of nitrogens with one attached hydrogen (secondary N) is 2. The Bertz CT molecular complexity index is 1070. The molecule has 6 heteroatoms. The molecule has 1 aliphatic rings. The lowest BCUT2D eigenvalue weighted by Crippen LogP contribution is -2.38. The van der Waals surface area contributed by atoms with Crippen molar-refractivity contribution in [1.29, 1.82) is 0 Å². The highest BCUT2D eigenvalue weighted by Gasteiger charge is 2.29. The van der Waals surface area contributed by atoms with Crippen molar-refractivity contribution in [2.45, 2.75) is 46.5 Å². The molecule has 3 heterocycles. The zero-order valence-corrected chi connectivity index (χ0v) is 16.8. The van der Waals surface area contributed by atoms with Crippen LogP contribution >= 0.6 is 0 Å². The van der Waals surface area contributed by atoms with Gasteiger partial charge in [0, 0.05) is 31.6 Å². The van der Waals surface area contributed by atoms with Gasteiger partial charge in [0.15, 0.2) is 5.78 Å². The molecule has 1 aromatic carbocycles. The molecule has 2 aromatic heterocycles. The second kappa shape index (κ2) is 6.93. The standard InChI is InChI=1S/C22H26N4O2/c1-12-6-5-7-17-19(12)25-21(24-17)16-8-10-26(11-9-16)22(28)18-13(2)20(15(4)27)23-14(18)3/h5-7,16,23H,8-11H2,1-4H3,(H,24,25). The quantitative estimate of drug-likeness (QED) is 0.675. The number of hydrogen-bond acceptors (Lipinski definition) is 3. The van der Waals surface area contributed by atoms with Crippen molar-refractivity contribution < 1.29 is 9.59 Å². The number of aryl methyl sites for hydroxylation is 2. The Kier molecular flexibility index (Phi) is 4.57. The van der Waals surface area contributed by atoms with Crippen LogP contribution < -0.4 is 0 Å². The summed E-state index contributed by atoms with van der Waals surface area (Å²) >= 11 is 0. The minimum Gasteiger partial charge on any atom is -0.355 e. The maximum absolute atomic E-state index is 13.1. The number of aromatic amines is 2. The van der Waals surface area contributed by atoms with Gasteiger partial charge in [-0.2, -0.15) is 0 Å². The third-order valence-corrected chi connectivity index (χ3v) is 5.91. The van der Waals surface area contributed by atoms with E-state index in [2.05, 4.69) is 29.0 Å². The zero-order valence-electron chi connectivity index (χ0n) is 16.8. The Morgan fingerprint density at radius 1 is 1.11 bits per heavy atom. The van der Waals surface area contributed by atoms with Gasteiger partial charge in [-0.25, -0.2) is 4.98 Å². The Balaban J connectivity index is 1.50. The van der Waals surface area contributed by atoms with E-state index in [0.29, 0.717) is 30.3 Å². The second-order valence-corrected chi connectivity index (χ2v) is 7.84. The molecular weight excluding hydrogens is 352 g/mol. The number of imidazole rings is 1. The molecule has 1 saturated heterocycles. The van der Waals surface area contributed by atoms with Crippen LogP contribution in [-0.4, -0.2) is 44.6 Å². The molecule has 0 aliphatic carbocycles. The van der Waals surface area contributed by atoms with E-state index in [-0.39, 0.29) is 11.7 Å². The number of carbonyl (C=O) groups excluding carboxylic acids is 2. The fourth-order valence-electron chi connectivity index (χ4n) is 4.32. The second-order valence-electron chi connectivity index (χ2n) is 7.84. The van der Waals surface area contributed by atoms with Crippen LogP contribution in [0.15, 0.2) is 18.2 Å². The lowest BCUT2D eigenvalue weighted by atomic mass is 9.95. The summed E-state index contributed by atoms with van der Waals surface area (Å²) in [5, 5.41) is 0. The number of likely N-dealkylation sites (tertiary alicyclic amines) is 1. The summed E-state index contributed by atoms with van der Waals surface area (Å²) in [7, 11) is 0. The van der Waals surface area contributed by atoms with Crippen LogP contribution in [0.5, 0.6) is 0 Å². The molecule has 146 valence electrons. The summed E-state index contributed by atoms with van der Waals surface area (Å²) in [4.78, 5) is 38.1. The molecule has 1 aliphatic heterocycles. The topological polar surface area (TPSA) is 81.8 Å². The first-order valence-electron chi connectivity index (χ1n) is 9.81. The van der Waals surface area contributed by atoms with Crippen molar-refractivity contribution in [3.05, 3.63) is 52.1 Å². The van der Waals surface area contributed by atoms with E-state index in [4.69, 9.17) is 4.98 Å². The zero-order chi connectivity index (χ0) is 20.0. The Morgan fingerprint density at radius 3 is 2.43 bits per heavy atom. The third kappa shape index (κ3) is 3.03. The normalized spacial score (nSPS) is 15.4. The average molecular weight is 378 g/mol. The van der Waals surface area contributed by atoms with Crippen LogP contribution in [0.2, 0.25) is 0 Å². The van der Waals surface area contributed by atoms with Crippen LogP contribution in [0, 0.1) is 20.8 Å². The van der Waals surface area contributed by atoms with Gasteiger partial charge in [0.2, 0.25) is 0 Å². The molecule has 1 amide bonds. The van der Waals surface area contributed by atoms with Crippen LogP contribution in [-0.2, 0) is 0 Å². The van der Waals surface area contributed by atoms with E-state index >= 15 is 0 Å². The highest BCUT2D eigenvalue weighted by Crippen LogP contribution is 2.30. The first-order valence-corrected chi connectivity index (χ1v) is 9.81. The van der Waals surface area contributed by atoms with Gasteiger partial charge in [-0.1, -0.05) is 12.1 Å². The van der Waals surface area contributed by atoms with Crippen molar-refractivity contribution in [1.82, 2.24) is 19.9 Å². The molecule has 3 aromatic rings. The molecule has 6 nitrogen and oxygen atoms in total. The predicted molar refractivity (Wildman–Crippen MR) is 109 cm³/mol. The summed E-state index contributed by atoms with van der Waals surface area (Å²) in [6.07, 6.45) is 1.76. The Labute approximate surface area is 164 Å². The maximum atomic E-state index is 13.1. The lowest BCUT2D eigenvalue weighted by molar-refractivity contribution is 0.0710. The lowest BCUT2D eigenvalue weighted by Gasteiger charge is -2.31. The average Bonchev–Trinajstić information content (AvgIpc) is 3.23. The van der Waals surface area contributed by atoms with E-state index in [9.17, 15) is 9.59 Å². The predicted octanol–water partition coefficient (Wildman–Crippen LogP) is 4.04. The van der Waals surface area contributed by atoms with Gasteiger partial charge in [0.25, 0.3) is 5.91 Å². The van der Waals surface area contributed by atoms with Gasteiger partial charge in [-0.3, -0.25) is 9.59 Å². The van der Waals surface area contributed by atoms with Gasteiger partial charge in [-0.15, -0.1) is 0 Å². The molecule has 0 bridgehead atoms. The Hall–Kier alpha value is -2.89. The molecule has 0 unspecified atom stereocenters. The minimum absolute atomic E-state index is 0.0117. The fourth-order valence-corrected chi connectivity index (χ4v) is 4.32. The highest BCUT2D eigenvalue weighted by atomic mass is 16.2. The molecule has 2 N–H and O–H groups in total. The number of fused-ring (bicyclic) bond motifs is 1. The SMILES string of the molecule is CC(=O)c1[nH]c(C)c(C(=O)N2CCC(c3nc4c(C)cccc4[nH]3)CC2)c1C. The largest absolute Gasteiger partial charge is 0.355 e. The van der Waals surface area contributed by atoms with Gasteiger partial charge >= 0.3 is 0 Å². The number of piperidine rings is 1. The number of hydrogen-bond donors (Lipinski definition) is 2. The monoisotopic (exact) mass is 378 g/mol. The number of nitrogens with zero attached hydrogens (tertiary/aromatic N) is 2. The molecule has 1 fully saturated rings. The third-order valence-electron chi connectivity index (χ3n) is 5.91. The number of ketones is 1. The molecule has 0 spiro atoms. The first-order chi connectivity index (χ1) is 13.4. The minimum atomic E-state index is -0.0430. The van der Waals surface area contributed by atoms with E-state index in [1.54, 1.807) is 0 Å². The molecule has 0 radical (unpaired) electrons. The summed E-state index contributed by atoms with van der Waals surface area (Å²) in [6, 6.07) is 6.17. The van der Waals surface area contributed by atoms with Crippen molar-refractivity contribution in [2.24, 2.45) is 0 Å². The highest BCUT2D eigenvalue weighted by molar-refractivity contribution is 6.02. The van der Waals surface area contributed by atoms with Gasteiger partial charge in [-0.05, 0) is 50.8 Å². The summed E-state index contributed by atoms with van der Waals surface area (Å²) in [5.41, 5.74) is 5.98. The summed E-state index contributed by atoms with van der Waals surface area (Å²) < 4.78 is 0. The van der Waals surface area contributed by atoms with E-state index < -0.39 is 0 Å². The van der Waals surface area contributed by atoms with Gasteiger partial charge < -0.3 is 14.9 Å². The maximum Gasteiger partial charge on any atom is 0.255 e. The number of H-pyrrole nitrogens is 2. The number of carbonyl (C=O) groups is 2. The van der Waals surface area contributed by atoms with Crippen molar-refractivity contribution in [3.63, 3.8) is 0 Å². The van der Waals surface area contributed by atoms with E-state index in [1.165, 1.54) is 12.5 Å². The van der Waals surface area contributed by atoms with Crippen LogP contribution in [0.3, 0.4) is 0 Å².